The molecule has 27 heavy (non-hydrogen) atoms. The zero-order valence-corrected chi connectivity index (χ0v) is 15.6. The molecule has 3 aliphatic rings. The molecule has 0 aromatic heterocycles. The Morgan fingerprint density at radius 1 is 1.11 bits per heavy atom. The van der Waals surface area contributed by atoms with E-state index in [1.54, 1.807) is 5.56 Å². The van der Waals surface area contributed by atoms with Crippen LogP contribution < -0.4 is 9.47 Å². The quantitative estimate of drug-likeness (QED) is 0.723. The molecule has 2 aliphatic carbocycles. The van der Waals surface area contributed by atoms with Gasteiger partial charge in [-0.3, -0.25) is 4.79 Å². The fourth-order valence-corrected chi connectivity index (χ4v) is 4.49. The van der Waals surface area contributed by atoms with E-state index in [2.05, 4.69) is 18.2 Å². The van der Waals surface area contributed by atoms with Crippen molar-refractivity contribution in [1.82, 2.24) is 0 Å². The van der Waals surface area contributed by atoms with Crippen molar-refractivity contribution in [3.8, 4) is 11.5 Å². The van der Waals surface area contributed by atoms with Crippen LogP contribution in [0.4, 0.5) is 0 Å². The van der Waals surface area contributed by atoms with Crippen LogP contribution in [0.15, 0.2) is 36.4 Å². The lowest BCUT2D eigenvalue weighted by molar-refractivity contribution is -0.141. The third-order valence-corrected chi connectivity index (χ3v) is 6.05. The van der Waals surface area contributed by atoms with Gasteiger partial charge in [0.25, 0.3) is 0 Å². The van der Waals surface area contributed by atoms with Crippen molar-refractivity contribution in [1.29, 1.82) is 0 Å². The van der Waals surface area contributed by atoms with Crippen molar-refractivity contribution in [3.05, 3.63) is 58.7 Å². The summed E-state index contributed by atoms with van der Waals surface area (Å²) in [6.45, 7) is 0.519. The highest BCUT2D eigenvalue weighted by molar-refractivity contribution is 5.71. The van der Waals surface area contributed by atoms with Gasteiger partial charge >= 0.3 is 5.97 Å². The summed E-state index contributed by atoms with van der Waals surface area (Å²) in [5, 5.41) is 0. The number of benzene rings is 2. The molecule has 2 aromatic rings. The topological polar surface area (TPSA) is 44.8 Å². The summed E-state index contributed by atoms with van der Waals surface area (Å²) in [6, 6.07) is 12.7. The molecule has 0 spiro atoms. The lowest BCUT2D eigenvalue weighted by atomic mass is 9.98. The van der Waals surface area contributed by atoms with Gasteiger partial charge in [-0.2, -0.15) is 0 Å². The Morgan fingerprint density at radius 3 is 2.78 bits per heavy atom. The molecular weight excluding hydrogens is 340 g/mol. The molecule has 1 fully saturated rings. The average Bonchev–Trinajstić information content (AvgIpc) is 3.35. The van der Waals surface area contributed by atoms with Crippen LogP contribution in [0.1, 0.15) is 65.9 Å². The van der Waals surface area contributed by atoms with Gasteiger partial charge in [-0.25, -0.2) is 0 Å². The van der Waals surface area contributed by atoms with Crippen LogP contribution in [-0.4, -0.2) is 19.7 Å². The van der Waals surface area contributed by atoms with Crippen LogP contribution in [0.25, 0.3) is 0 Å². The summed E-state index contributed by atoms with van der Waals surface area (Å²) in [6.07, 6.45) is 5.26. The number of carbonyl (C=O) groups excluding carboxylic acids is 1. The minimum Gasteiger partial charge on any atom is -0.492 e. The summed E-state index contributed by atoms with van der Waals surface area (Å²) in [7, 11) is 1.42. The predicted octanol–water partition coefficient (Wildman–Crippen LogP) is 4.67. The van der Waals surface area contributed by atoms with Crippen LogP contribution >= 0.6 is 0 Å². The Bertz CT molecular complexity index is 884. The Morgan fingerprint density at radius 2 is 1.96 bits per heavy atom. The summed E-state index contributed by atoms with van der Waals surface area (Å²) in [4.78, 5) is 11.6. The van der Waals surface area contributed by atoms with Crippen molar-refractivity contribution >= 4 is 5.97 Å². The van der Waals surface area contributed by atoms with Gasteiger partial charge in [0.1, 0.15) is 17.6 Å². The van der Waals surface area contributed by atoms with Crippen molar-refractivity contribution in [3.63, 3.8) is 0 Å². The summed E-state index contributed by atoms with van der Waals surface area (Å²) < 4.78 is 16.9. The molecule has 4 heteroatoms. The van der Waals surface area contributed by atoms with Gasteiger partial charge in [0.05, 0.1) is 20.1 Å². The molecular formula is C23H24O4. The maximum Gasteiger partial charge on any atom is 0.306 e. The Balaban J connectivity index is 1.34. The maximum atomic E-state index is 11.6. The molecule has 2 atom stereocenters. The molecule has 0 N–H and O–H groups in total. The van der Waals surface area contributed by atoms with Crippen molar-refractivity contribution < 1.29 is 19.0 Å². The first kappa shape index (κ1) is 16.7. The number of fused-ring (bicyclic) bond motifs is 2. The second kappa shape index (κ2) is 6.59. The number of rotatable bonds is 5. The number of esters is 1. The van der Waals surface area contributed by atoms with E-state index in [0.29, 0.717) is 13.0 Å². The normalized spacial score (nSPS) is 22.7. The van der Waals surface area contributed by atoms with E-state index < -0.39 is 0 Å². The van der Waals surface area contributed by atoms with Gasteiger partial charge in [-0.05, 0) is 54.4 Å². The van der Waals surface area contributed by atoms with E-state index in [1.165, 1.54) is 31.1 Å². The first-order valence-corrected chi connectivity index (χ1v) is 9.85. The average molecular weight is 364 g/mol. The van der Waals surface area contributed by atoms with Gasteiger partial charge in [0, 0.05) is 17.5 Å². The molecule has 0 amide bonds. The lowest BCUT2D eigenvalue weighted by Gasteiger charge is -2.16. The minimum absolute atomic E-state index is 0.0646. The molecule has 2 aromatic carbocycles. The molecule has 5 rings (SSSR count). The van der Waals surface area contributed by atoms with Gasteiger partial charge in [0.15, 0.2) is 0 Å². The highest BCUT2D eigenvalue weighted by atomic mass is 16.5. The molecule has 1 aliphatic heterocycles. The monoisotopic (exact) mass is 364 g/mol. The number of carbonyl (C=O) groups is 1. The van der Waals surface area contributed by atoms with E-state index in [9.17, 15) is 4.79 Å². The molecule has 0 saturated heterocycles. The lowest BCUT2D eigenvalue weighted by Crippen LogP contribution is -2.09. The Labute approximate surface area is 159 Å². The van der Waals surface area contributed by atoms with E-state index in [-0.39, 0.29) is 18.0 Å². The van der Waals surface area contributed by atoms with Crippen molar-refractivity contribution in [2.45, 2.75) is 50.0 Å². The largest absolute Gasteiger partial charge is 0.492 e. The second-order valence-electron chi connectivity index (χ2n) is 7.82. The van der Waals surface area contributed by atoms with Crippen LogP contribution in [0, 0.1) is 0 Å². The van der Waals surface area contributed by atoms with Crippen LogP contribution in [0.5, 0.6) is 11.5 Å². The van der Waals surface area contributed by atoms with Crippen molar-refractivity contribution in [2.75, 3.05) is 13.7 Å². The highest BCUT2D eigenvalue weighted by Crippen LogP contribution is 2.47. The van der Waals surface area contributed by atoms with E-state index in [1.807, 2.05) is 18.2 Å². The molecule has 140 valence electrons. The van der Waals surface area contributed by atoms with E-state index in [0.717, 1.165) is 35.8 Å². The molecule has 1 saturated carbocycles. The van der Waals surface area contributed by atoms with Crippen LogP contribution in [0.2, 0.25) is 0 Å². The smallest absolute Gasteiger partial charge is 0.306 e. The SMILES string of the molecule is COC(=O)C[C@@H]1COc2cc(O[C@@H]3CCc4c(C5CC5)cccc43)ccc21. The highest BCUT2D eigenvalue weighted by Gasteiger charge is 2.33. The minimum atomic E-state index is -0.203. The fourth-order valence-electron chi connectivity index (χ4n) is 4.49. The van der Waals surface area contributed by atoms with Gasteiger partial charge in [-0.1, -0.05) is 24.3 Å². The summed E-state index contributed by atoms with van der Waals surface area (Å²) in [5.74, 6) is 2.30. The first-order valence-electron chi connectivity index (χ1n) is 9.85. The van der Waals surface area contributed by atoms with Crippen LogP contribution in [0.3, 0.4) is 0 Å². The Kier molecular flexibility index (Phi) is 4.07. The van der Waals surface area contributed by atoms with Crippen LogP contribution in [-0.2, 0) is 16.0 Å². The zero-order valence-electron chi connectivity index (χ0n) is 15.6. The van der Waals surface area contributed by atoms with E-state index >= 15 is 0 Å². The standard InChI is InChI=1S/C23H24O4/c1-25-23(24)11-15-13-26-22-12-16(7-8-18(15)22)27-21-10-9-19-17(14-5-6-14)3-2-4-20(19)21/h2-4,7-8,12,14-15,21H,5-6,9-11,13H2,1H3/t15-,21-/m1/s1. The molecule has 4 nitrogen and oxygen atoms in total. The number of ether oxygens (including phenoxy) is 3. The number of hydrogen-bond donors (Lipinski definition) is 0. The van der Waals surface area contributed by atoms with Gasteiger partial charge < -0.3 is 14.2 Å². The zero-order chi connectivity index (χ0) is 18.4. The van der Waals surface area contributed by atoms with E-state index in [4.69, 9.17) is 14.2 Å². The molecule has 0 unspecified atom stereocenters. The second-order valence-corrected chi connectivity index (χ2v) is 7.82. The predicted molar refractivity (Wildman–Crippen MR) is 101 cm³/mol. The summed E-state index contributed by atoms with van der Waals surface area (Å²) in [5.41, 5.74) is 5.47. The van der Waals surface area contributed by atoms with Crippen molar-refractivity contribution in [2.24, 2.45) is 0 Å². The third kappa shape index (κ3) is 3.07. The number of hydrogen-bond acceptors (Lipinski definition) is 4. The molecule has 0 radical (unpaired) electrons. The fraction of sp³-hybridized carbons (Fsp3) is 0.435. The number of methoxy groups -OCH3 is 1. The van der Waals surface area contributed by atoms with Gasteiger partial charge in [0.2, 0.25) is 0 Å². The maximum absolute atomic E-state index is 11.6. The third-order valence-electron chi connectivity index (χ3n) is 6.05. The Hall–Kier alpha value is -2.49. The summed E-state index contributed by atoms with van der Waals surface area (Å²) >= 11 is 0. The molecule has 0 bridgehead atoms. The first-order chi connectivity index (χ1) is 13.2. The molecule has 1 heterocycles. The van der Waals surface area contributed by atoms with Gasteiger partial charge in [-0.15, -0.1) is 0 Å².